The van der Waals surface area contributed by atoms with E-state index in [0.29, 0.717) is 10.6 Å². The van der Waals surface area contributed by atoms with Crippen LogP contribution < -0.4 is 15.0 Å². The van der Waals surface area contributed by atoms with E-state index in [9.17, 15) is 4.79 Å². The first-order chi connectivity index (χ1) is 14.0. The lowest BCUT2D eigenvalue weighted by Gasteiger charge is -2.35. The number of carbonyl (C=O) groups is 1. The van der Waals surface area contributed by atoms with Crippen molar-refractivity contribution in [1.29, 1.82) is 0 Å². The topological polar surface area (TPSA) is 58.0 Å². The third-order valence-corrected chi connectivity index (χ3v) is 5.53. The van der Waals surface area contributed by atoms with Crippen LogP contribution in [-0.2, 0) is 11.2 Å². The molecular weight excluding hydrogens is 390 g/mol. The molecule has 0 radical (unpaired) electrons. The van der Waals surface area contributed by atoms with E-state index in [-0.39, 0.29) is 12.3 Å². The van der Waals surface area contributed by atoms with Crippen LogP contribution in [0, 0.1) is 0 Å². The first-order valence-electron chi connectivity index (χ1n) is 9.60. The van der Waals surface area contributed by atoms with Gasteiger partial charge in [-0.2, -0.15) is 0 Å². The fourth-order valence-electron chi connectivity index (χ4n) is 3.63. The maximum Gasteiger partial charge on any atom is 0.228 e. The average molecular weight is 414 g/mol. The quantitative estimate of drug-likeness (QED) is 0.684. The molecule has 0 atom stereocenters. The second-order valence-corrected chi connectivity index (χ2v) is 7.74. The Morgan fingerprint density at radius 3 is 2.72 bits per heavy atom. The van der Waals surface area contributed by atoms with Crippen molar-refractivity contribution in [3.63, 3.8) is 0 Å². The number of hydrogen-bond donors (Lipinski definition) is 1. The van der Waals surface area contributed by atoms with Crippen LogP contribution in [0.5, 0.6) is 5.75 Å². The lowest BCUT2D eigenvalue weighted by atomic mass is 10.1. The van der Waals surface area contributed by atoms with Gasteiger partial charge in [0.1, 0.15) is 11.3 Å². The fourth-order valence-corrected chi connectivity index (χ4v) is 3.80. The standard InChI is InChI=1S/C22H24ClN3O3/c1-25-7-9-26(10-8-25)20-6-3-16(23)12-19(20)24-22(27)11-15-14-29-21-13-17(28-2)4-5-18(15)21/h3-6,12-14H,7-11H2,1-2H3,(H,24,27). The van der Waals surface area contributed by atoms with Crippen LogP contribution in [0.15, 0.2) is 47.1 Å². The molecular formula is C22H24ClN3O3. The number of fused-ring (bicyclic) bond motifs is 1. The third kappa shape index (κ3) is 4.33. The van der Waals surface area contributed by atoms with E-state index < -0.39 is 0 Å². The van der Waals surface area contributed by atoms with Gasteiger partial charge in [0, 0.05) is 48.2 Å². The molecule has 0 aliphatic carbocycles. The molecule has 3 aromatic rings. The zero-order valence-corrected chi connectivity index (χ0v) is 17.3. The molecule has 1 saturated heterocycles. The highest BCUT2D eigenvalue weighted by Crippen LogP contribution is 2.31. The summed E-state index contributed by atoms with van der Waals surface area (Å²) in [5.74, 6) is 0.611. The summed E-state index contributed by atoms with van der Waals surface area (Å²) in [5, 5.41) is 4.55. The van der Waals surface area contributed by atoms with Gasteiger partial charge in [0.2, 0.25) is 5.91 Å². The molecule has 7 heteroatoms. The molecule has 2 aromatic carbocycles. The number of nitrogens with zero attached hydrogens (tertiary/aromatic N) is 2. The molecule has 1 fully saturated rings. The highest BCUT2D eigenvalue weighted by Gasteiger charge is 2.19. The molecule has 6 nitrogen and oxygen atoms in total. The molecule has 1 amide bonds. The lowest BCUT2D eigenvalue weighted by molar-refractivity contribution is -0.115. The molecule has 1 aliphatic heterocycles. The number of likely N-dealkylation sites (N-methyl/N-ethyl adjacent to an activating group) is 1. The maximum absolute atomic E-state index is 12.8. The minimum absolute atomic E-state index is 0.110. The number of ether oxygens (including phenoxy) is 1. The van der Waals surface area contributed by atoms with E-state index in [1.54, 1.807) is 13.4 Å². The second kappa shape index (κ2) is 8.35. The summed E-state index contributed by atoms with van der Waals surface area (Å²) in [7, 11) is 3.73. The lowest BCUT2D eigenvalue weighted by Crippen LogP contribution is -2.44. The van der Waals surface area contributed by atoms with Gasteiger partial charge in [0.15, 0.2) is 0 Å². The first-order valence-corrected chi connectivity index (χ1v) is 9.98. The molecule has 1 aliphatic rings. The molecule has 152 valence electrons. The van der Waals surface area contributed by atoms with Crippen LogP contribution in [0.3, 0.4) is 0 Å². The van der Waals surface area contributed by atoms with Crippen molar-refractivity contribution in [2.24, 2.45) is 0 Å². The third-order valence-electron chi connectivity index (χ3n) is 5.29. The summed E-state index contributed by atoms with van der Waals surface area (Å²) in [6.07, 6.45) is 1.84. The van der Waals surface area contributed by atoms with Crippen LogP contribution >= 0.6 is 11.6 Å². The van der Waals surface area contributed by atoms with E-state index in [1.807, 2.05) is 36.4 Å². The minimum Gasteiger partial charge on any atom is -0.497 e. The number of methoxy groups -OCH3 is 1. The average Bonchev–Trinajstić information content (AvgIpc) is 3.10. The summed E-state index contributed by atoms with van der Waals surface area (Å²) < 4.78 is 10.8. The summed E-state index contributed by atoms with van der Waals surface area (Å²) in [6, 6.07) is 11.2. The largest absolute Gasteiger partial charge is 0.497 e. The number of furan rings is 1. The molecule has 0 spiro atoms. The van der Waals surface area contributed by atoms with Crippen molar-refractivity contribution in [1.82, 2.24) is 4.90 Å². The van der Waals surface area contributed by atoms with E-state index in [4.69, 9.17) is 20.8 Å². The van der Waals surface area contributed by atoms with Crippen molar-refractivity contribution in [2.45, 2.75) is 6.42 Å². The number of amides is 1. The predicted molar refractivity (Wildman–Crippen MR) is 116 cm³/mol. The Balaban J connectivity index is 1.52. The van der Waals surface area contributed by atoms with Gasteiger partial charge in [0.05, 0.1) is 31.2 Å². The molecule has 0 saturated carbocycles. The van der Waals surface area contributed by atoms with Gasteiger partial charge < -0.3 is 24.3 Å². The number of halogens is 1. The molecule has 0 bridgehead atoms. The van der Waals surface area contributed by atoms with E-state index in [0.717, 1.165) is 54.3 Å². The van der Waals surface area contributed by atoms with Crippen LogP contribution in [-0.4, -0.2) is 51.1 Å². The molecule has 0 unspecified atom stereocenters. The smallest absolute Gasteiger partial charge is 0.228 e. The molecule has 1 N–H and O–H groups in total. The number of anilines is 2. The van der Waals surface area contributed by atoms with E-state index >= 15 is 0 Å². The Kier molecular flexibility index (Phi) is 5.65. The normalized spacial score (nSPS) is 14.9. The summed E-state index contributed by atoms with van der Waals surface area (Å²) in [6.45, 7) is 3.80. The van der Waals surface area contributed by atoms with Crippen molar-refractivity contribution in [2.75, 3.05) is 50.6 Å². The zero-order valence-electron chi connectivity index (χ0n) is 16.6. The van der Waals surface area contributed by atoms with Gasteiger partial charge >= 0.3 is 0 Å². The van der Waals surface area contributed by atoms with E-state index in [2.05, 4.69) is 22.2 Å². The van der Waals surface area contributed by atoms with Crippen molar-refractivity contribution < 1.29 is 13.9 Å². The van der Waals surface area contributed by atoms with Crippen molar-refractivity contribution >= 4 is 39.9 Å². The SMILES string of the molecule is COc1ccc2c(CC(=O)Nc3cc(Cl)ccc3N3CCN(C)CC3)coc2c1. The summed E-state index contributed by atoms with van der Waals surface area (Å²) in [5.41, 5.74) is 3.27. The molecule has 1 aromatic heterocycles. The number of nitrogens with one attached hydrogen (secondary N) is 1. The fraction of sp³-hybridized carbons (Fsp3) is 0.318. The number of benzene rings is 2. The van der Waals surface area contributed by atoms with Gasteiger partial charge in [-0.15, -0.1) is 0 Å². The van der Waals surface area contributed by atoms with Crippen LogP contribution in [0.4, 0.5) is 11.4 Å². The van der Waals surface area contributed by atoms with Crippen LogP contribution in [0.25, 0.3) is 11.0 Å². The Hall–Kier alpha value is -2.70. The maximum atomic E-state index is 12.8. The van der Waals surface area contributed by atoms with Crippen LogP contribution in [0.1, 0.15) is 5.56 Å². The molecule has 29 heavy (non-hydrogen) atoms. The summed E-state index contributed by atoms with van der Waals surface area (Å²) >= 11 is 6.21. The number of carbonyl (C=O) groups excluding carboxylic acids is 1. The minimum atomic E-state index is -0.110. The second-order valence-electron chi connectivity index (χ2n) is 7.30. The van der Waals surface area contributed by atoms with Crippen molar-refractivity contribution in [3.05, 3.63) is 53.2 Å². The molecule has 2 heterocycles. The van der Waals surface area contributed by atoms with Gasteiger partial charge in [-0.1, -0.05) is 11.6 Å². The van der Waals surface area contributed by atoms with Gasteiger partial charge in [0.25, 0.3) is 0 Å². The number of rotatable bonds is 5. The van der Waals surface area contributed by atoms with E-state index in [1.165, 1.54) is 0 Å². The Labute approximate surface area is 175 Å². The molecule has 4 rings (SSSR count). The van der Waals surface area contributed by atoms with Gasteiger partial charge in [-0.05, 0) is 37.4 Å². The van der Waals surface area contributed by atoms with Gasteiger partial charge in [-0.25, -0.2) is 0 Å². The Morgan fingerprint density at radius 2 is 1.97 bits per heavy atom. The highest BCUT2D eigenvalue weighted by atomic mass is 35.5. The number of piperazine rings is 1. The first kappa shape index (κ1) is 19.6. The van der Waals surface area contributed by atoms with Crippen LogP contribution in [0.2, 0.25) is 5.02 Å². The van der Waals surface area contributed by atoms with Gasteiger partial charge in [-0.3, -0.25) is 4.79 Å². The highest BCUT2D eigenvalue weighted by molar-refractivity contribution is 6.31. The Morgan fingerprint density at radius 1 is 1.17 bits per heavy atom. The Bertz CT molecular complexity index is 1030. The summed E-state index contributed by atoms with van der Waals surface area (Å²) in [4.78, 5) is 17.4. The van der Waals surface area contributed by atoms with Crippen molar-refractivity contribution in [3.8, 4) is 5.75 Å². The zero-order chi connectivity index (χ0) is 20.4. The monoisotopic (exact) mass is 413 g/mol. The number of hydrogen-bond acceptors (Lipinski definition) is 5. The predicted octanol–water partition coefficient (Wildman–Crippen LogP) is 4.03.